The van der Waals surface area contributed by atoms with E-state index in [0.29, 0.717) is 11.8 Å². The molecule has 0 amide bonds. The molecule has 2 rings (SSSR count). The Morgan fingerprint density at radius 2 is 2.12 bits per heavy atom. The monoisotopic (exact) mass is 225 g/mol. The largest absolute Gasteiger partial charge is 0.370 e. The summed E-state index contributed by atoms with van der Waals surface area (Å²) < 4.78 is 10.7. The van der Waals surface area contributed by atoms with Crippen LogP contribution in [0.25, 0.3) is 0 Å². The summed E-state index contributed by atoms with van der Waals surface area (Å²) in [6.45, 7) is 2.27. The number of ether oxygens (including phenoxy) is 1. The lowest BCUT2D eigenvalue weighted by Gasteiger charge is -2.35. The Labute approximate surface area is 95.6 Å². The number of methoxy groups -OCH3 is 1. The Balaban J connectivity index is 2.20. The average Bonchev–Trinajstić information content (AvgIpc) is 2.80. The lowest BCUT2D eigenvalue weighted by Crippen LogP contribution is -2.34. The second kappa shape index (κ2) is 4.41. The van der Waals surface area contributed by atoms with E-state index in [-0.39, 0.29) is 5.60 Å². The van der Waals surface area contributed by atoms with Crippen molar-refractivity contribution in [2.75, 3.05) is 19.5 Å². The topological polar surface area (TPSA) is 60.2 Å². The molecular weight excluding hydrogens is 206 g/mol. The molecule has 0 aliphatic heterocycles. The molecule has 0 unspecified atom stereocenters. The van der Waals surface area contributed by atoms with Crippen molar-refractivity contribution in [2.24, 2.45) is 5.92 Å². The summed E-state index contributed by atoms with van der Waals surface area (Å²) in [5.74, 6) is 1.44. The third-order valence-corrected chi connectivity index (χ3v) is 3.52. The molecule has 1 aliphatic rings. The Hall–Kier alpha value is -1.10. The third-order valence-electron chi connectivity index (χ3n) is 3.52. The van der Waals surface area contributed by atoms with Gasteiger partial charge in [0.25, 0.3) is 0 Å². The molecule has 1 aliphatic carbocycles. The second-order valence-corrected chi connectivity index (χ2v) is 4.55. The van der Waals surface area contributed by atoms with Crippen LogP contribution in [-0.4, -0.2) is 24.3 Å². The minimum atomic E-state index is -0.342. The van der Waals surface area contributed by atoms with Crippen LogP contribution < -0.4 is 5.32 Å². The average molecular weight is 225 g/mol. The molecule has 0 aromatic carbocycles. The molecule has 0 saturated heterocycles. The molecule has 0 spiro atoms. The minimum absolute atomic E-state index is 0.342. The molecule has 1 heterocycles. The fourth-order valence-electron chi connectivity index (χ4n) is 2.26. The lowest BCUT2D eigenvalue weighted by molar-refractivity contribution is -0.0609. The number of rotatable bonds is 3. The van der Waals surface area contributed by atoms with Crippen LogP contribution in [0.2, 0.25) is 0 Å². The van der Waals surface area contributed by atoms with Crippen LogP contribution >= 0.6 is 0 Å². The molecule has 5 nitrogen and oxygen atoms in total. The molecular formula is C11H19N3O2. The summed E-state index contributed by atoms with van der Waals surface area (Å²) >= 11 is 0. The van der Waals surface area contributed by atoms with E-state index in [1.807, 2.05) is 0 Å². The van der Waals surface area contributed by atoms with Crippen molar-refractivity contribution in [3.63, 3.8) is 0 Å². The number of hydrogen-bond acceptors (Lipinski definition) is 5. The molecule has 1 fully saturated rings. The van der Waals surface area contributed by atoms with Crippen LogP contribution in [0, 0.1) is 5.92 Å². The van der Waals surface area contributed by atoms with Gasteiger partial charge in [0.15, 0.2) is 0 Å². The zero-order valence-corrected chi connectivity index (χ0v) is 10.1. The number of nitrogens with zero attached hydrogens (tertiary/aromatic N) is 2. The molecule has 0 bridgehead atoms. The van der Waals surface area contributed by atoms with E-state index in [1.54, 1.807) is 14.2 Å². The molecule has 16 heavy (non-hydrogen) atoms. The van der Waals surface area contributed by atoms with Gasteiger partial charge in [-0.05, 0) is 31.6 Å². The highest BCUT2D eigenvalue weighted by atomic mass is 16.5. The van der Waals surface area contributed by atoms with Gasteiger partial charge < -0.3 is 14.6 Å². The number of anilines is 1. The molecule has 1 N–H and O–H groups in total. The number of aromatic nitrogens is 2. The van der Waals surface area contributed by atoms with E-state index in [4.69, 9.17) is 9.26 Å². The Morgan fingerprint density at radius 1 is 1.44 bits per heavy atom. The van der Waals surface area contributed by atoms with Gasteiger partial charge in [-0.2, -0.15) is 4.98 Å². The van der Waals surface area contributed by atoms with Crippen molar-refractivity contribution in [2.45, 2.75) is 38.2 Å². The van der Waals surface area contributed by atoms with Gasteiger partial charge in [0.1, 0.15) is 5.60 Å². The maximum atomic E-state index is 5.66. The second-order valence-electron chi connectivity index (χ2n) is 4.55. The maximum Gasteiger partial charge on any atom is 0.321 e. The van der Waals surface area contributed by atoms with Gasteiger partial charge in [0.05, 0.1) is 0 Å². The third kappa shape index (κ3) is 1.91. The first-order valence-electron chi connectivity index (χ1n) is 5.77. The standard InChI is InChI=1S/C11H19N3O2/c1-8-4-6-11(15-3,7-5-8)9-13-10(12-2)16-14-9/h8H,4-7H2,1-3H3,(H,12,13,14). The van der Waals surface area contributed by atoms with E-state index < -0.39 is 0 Å². The Bertz CT molecular complexity index is 343. The lowest BCUT2D eigenvalue weighted by atomic mass is 9.79. The highest BCUT2D eigenvalue weighted by molar-refractivity contribution is 5.18. The van der Waals surface area contributed by atoms with E-state index >= 15 is 0 Å². The minimum Gasteiger partial charge on any atom is -0.370 e. The van der Waals surface area contributed by atoms with Crippen molar-refractivity contribution in [3.8, 4) is 0 Å². The first-order chi connectivity index (χ1) is 7.70. The van der Waals surface area contributed by atoms with Crippen molar-refractivity contribution < 1.29 is 9.26 Å². The fourth-order valence-corrected chi connectivity index (χ4v) is 2.26. The van der Waals surface area contributed by atoms with E-state index in [9.17, 15) is 0 Å². The fraction of sp³-hybridized carbons (Fsp3) is 0.818. The molecule has 0 atom stereocenters. The van der Waals surface area contributed by atoms with Crippen molar-refractivity contribution in [3.05, 3.63) is 5.82 Å². The van der Waals surface area contributed by atoms with E-state index in [2.05, 4.69) is 22.4 Å². The highest BCUT2D eigenvalue weighted by Gasteiger charge is 2.40. The maximum absolute atomic E-state index is 5.66. The summed E-state index contributed by atoms with van der Waals surface area (Å²) in [4.78, 5) is 4.31. The first-order valence-corrected chi connectivity index (χ1v) is 5.77. The van der Waals surface area contributed by atoms with E-state index in [1.165, 1.54) is 0 Å². The van der Waals surface area contributed by atoms with Gasteiger partial charge in [0.2, 0.25) is 5.82 Å². The van der Waals surface area contributed by atoms with Gasteiger partial charge >= 0.3 is 6.01 Å². The predicted molar refractivity (Wildman–Crippen MR) is 60.2 cm³/mol. The van der Waals surface area contributed by atoms with Crippen molar-refractivity contribution in [1.29, 1.82) is 0 Å². The molecule has 0 radical (unpaired) electrons. The van der Waals surface area contributed by atoms with Crippen molar-refractivity contribution >= 4 is 6.01 Å². The zero-order chi connectivity index (χ0) is 11.6. The quantitative estimate of drug-likeness (QED) is 0.854. The summed E-state index contributed by atoms with van der Waals surface area (Å²) in [5, 5.41) is 6.85. The Kier molecular flexibility index (Phi) is 3.14. The molecule has 1 aromatic heterocycles. The normalized spacial score (nSPS) is 30.3. The SMILES string of the molecule is CNc1nc(C2(OC)CCC(C)CC2)no1. The van der Waals surface area contributed by atoms with Gasteiger partial charge in [0, 0.05) is 14.2 Å². The van der Waals surface area contributed by atoms with Crippen LogP contribution in [0.4, 0.5) is 6.01 Å². The van der Waals surface area contributed by atoms with E-state index in [0.717, 1.165) is 31.6 Å². The molecule has 90 valence electrons. The predicted octanol–water partition coefficient (Wildman–Crippen LogP) is 2.16. The van der Waals surface area contributed by atoms with Crippen LogP contribution in [0.1, 0.15) is 38.4 Å². The van der Waals surface area contributed by atoms with Gasteiger partial charge in [-0.15, -0.1) is 0 Å². The van der Waals surface area contributed by atoms with Gasteiger partial charge in [-0.1, -0.05) is 12.1 Å². The summed E-state index contributed by atoms with van der Waals surface area (Å²) in [5.41, 5.74) is -0.342. The summed E-state index contributed by atoms with van der Waals surface area (Å²) in [6.07, 6.45) is 4.23. The highest BCUT2D eigenvalue weighted by Crippen LogP contribution is 2.40. The van der Waals surface area contributed by atoms with Gasteiger partial charge in [-0.3, -0.25) is 0 Å². The summed E-state index contributed by atoms with van der Waals surface area (Å²) in [6, 6.07) is 0.449. The number of nitrogens with one attached hydrogen (secondary N) is 1. The van der Waals surface area contributed by atoms with Crippen LogP contribution in [-0.2, 0) is 10.3 Å². The van der Waals surface area contributed by atoms with Crippen LogP contribution in [0.3, 0.4) is 0 Å². The van der Waals surface area contributed by atoms with Crippen LogP contribution in [0.15, 0.2) is 4.52 Å². The Morgan fingerprint density at radius 3 is 2.62 bits per heavy atom. The number of hydrogen-bond donors (Lipinski definition) is 1. The molecule has 1 saturated carbocycles. The first kappa shape index (κ1) is 11.4. The van der Waals surface area contributed by atoms with Crippen LogP contribution in [0.5, 0.6) is 0 Å². The van der Waals surface area contributed by atoms with Gasteiger partial charge in [-0.25, -0.2) is 0 Å². The smallest absolute Gasteiger partial charge is 0.321 e. The summed E-state index contributed by atoms with van der Waals surface area (Å²) in [7, 11) is 3.49. The zero-order valence-electron chi connectivity index (χ0n) is 10.1. The molecule has 5 heteroatoms. The molecule has 1 aromatic rings. The van der Waals surface area contributed by atoms with Crippen molar-refractivity contribution in [1.82, 2.24) is 10.1 Å².